The summed E-state index contributed by atoms with van der Waals surface area (Å²) in [5.41, 5.74) is 3.91. The van der Waals surface area contributed by atoms with Gasteiger partial charge in [-0.05, 0) is 44.2 Å². The molecule has 0 bridgehead atoms. The van der Waals surface area contributed by atoms with Crippen LogP contribution in [-0.2, 0) is 4.79 Å². The molecule has 98 valence electrons. The summed E-state index contributed by atoms with van der Waals surface area (Å²) >= 11 is 0. The van der Waals surface area contributed by atoms with Gasteiger partial charge >= 0.3 is 5.97 Å². The van der Waals surface area contributed by atoms with Crippen LogP contribution in [-0.4, -0.2) is 24.2 Å². The van der Waals surface area contributed by atoms with Crippen LogP contribution in [0.4, 0.5) is 0 Å². The zero-order chi connectivity index (χ0) is 13.1. The highest BCUT2D eigenvalue weighted by molar-refractivity contribution is 5.67. The average Bonchev–Trinajstić information content (AvgIpc) is 2.27. The molecule has 0 radical (unpaired) electrons. The van der Waals surface area contributed by atoms with Crippen LogP contribution in [0.2, 0.25) is 0 Å². The van der Waals surface area contributed by atoms with E-state index in [0.29, 0.717) is 5.92 Å². The lowest BCUT2D eigenvalue weighted by Gasteiger charge is -2.30. The molecule has 2 unspecified atom stereocenters. The van der Waals surface area contributed by atoms with Crippen molar-refractivity contribution >= 4 is 5.97 Å². The molecule has 2 atom stereocenters. The molecule has 0 aliphatic carbocycles. The molecule has 0 saturated carbocycles. The summed E-state index contributed by atoms with van der Waals surface area (Å²) in [5, 5.41) is 12.2. The van der Waals surface area contributed by atoms with Gasteiger partial charge in [0.2, 0.25) is 0 Å². The van der Waals surface area contributed by atoms with E-state index in [9.17, 15) is 4.79 Å². The van der Waals surface area contributed by atoms with Gasteiger partial charge in [-0.1, -0.05) is 29.3 Å². The molecular weight excluding hydrogens is 226 g/mol. The molecule has 0 amide bonds. The molecule has 1 saturated heterocycles. The number of aryl methyl sites for hydroxylation is 2. The van der Waals surface area contributed by atoms with E-state index in [2.05, 4.69) is 37.4 Å². The van der Waals surface area contributed by atoms with Gasteiger partial charge in [-0.15, -0.1) is 0 Å². The summed E-state index contributed by atoms with van der Waals surface area (Å²) < 4.78 is 0. The van der Waals surface area contributed by atoms with E-state index in [0.717, 1.165) is 19.5 Å². The summed E-state index contributed by atoms with van der Waals surface area (Å²) in [6, 6.07) is 6.62. The third-order valence-electron chi connectivity index (χ3n) is 3.62. The predicted molar refractivity (Wildman–Crippen MR) is 71.9 cm³/mol. The number of aliphatic carboxylic acids is 1. The number of carboxylic acid groups (broad SMARTS) is 1. The lowest BCUT2D eigenvalue weighted by Crippen LogP contribution is -2.36. The van der Waals surface area contributed by atoms with Crippen LogP contribution < -0.4 is 5.32 Å². The minimum absolute atomic E-state index is 0.252. The summed E-state index contributed by atoms with van der Waals surface area (Å²) in [6.07, 6.45) is 1.25. The van der Waals surface area contributed by atoms with E-state index in [1.165, 1.54) is 16.7 Å². The Bertz CT molecular complexity index is 422. The van der Waals surface area contributed by atoms with E-state index in [1.54, 1.807) is 0 Å². The van der Waals surface area contributed by atoms with Crippen LogP contribution in [0.25, 0.3) is 0 Å². The predicted octanol–water partition coefficient (Wildman–Crippen LogP) is 2.47. The maximum absolute atomic E-state index is 10.8. The molecular formula is C15H21NO2. The van der Waals surface area contributed by atoms with E-state index >= 15 is 0 Å². The fourth-order valence-corrected chi connectivity index (χ4v) is 2.93. The molecule has 1 aromatic rings. The van der Waals surface area contributed by atoms with Crippen molar-refractivity contribution in [3.05, 3.63) is 34.9 Å². The molecule has 1 aliphatic rings. The fourth-order valence-electron chi connectivity index (χ4n) is 2.93. The number of carboxylic acids is 1. The van der Waals surface area contributed by atoms with Crippen molar-refractivity contribution in [1.29, 1.82) is 0 Å². The third-order valence-corrected chi connectivity index (χ3v) is 3.62. The Balaban J connectivity index is 2.10. The Hall–Kier alpha value is -1.35. The summed E-state index contributed by atoms with van der Waals surface area (Å²) in [7, 11) is 0. The summed E-state index contributed by atoms with van der Waals surface area (Å²) in [4.78, 5) is 10.8. The highest BCUT2D eigenvalue weighted by Gasteiger charge is 2.24. The van der Waals surface area contributed by atoms with Crippen LogP contribution in [0, 0.1) is 19.8 Å². The van der Waals surface area contributed by atoms with E-state index in [4.69, 9.17) is 5.11 Å². The van der Waals surface area contributed by atoms with Crippen LogP contribution in [0.3, 0.4) is 0 Å². The van der Waals surface area contributed by atoms with Gasteiger partial charge in [-0.2, -0.15) is 0 Å². The maximum Gasteiger partial charge on any atom is 0.303 e. The lowest BCUT2D eigenvalue weighted by molar-refractivity contribution is -0.138. The number of carbonyl (C=O) groups is 1. The minimum atomic E-state index is -0.692. The Labute approximate surface area is 108 Å². The van der Waals surface area contributed by atoms with Crippen LogP contribution >= 0.6 is 0 Å². The van der Waals surface area contributed by atoms with Gasteiger partial charge in [0.25, 0.3) is 0 Å². The number of rotatable bonds is 3. The first-order valence-electron chi connectivity index (χ1n) is 6.55. The number of nitrogens with one attached hydrogen (secondary N) is 1. The number of hydrogen-bond donors (Lipinski definition) is 2. The van der Waals surface area contributed by atoms with Crippen LogP contribution in [0.15, 0.2) is 18.2 Å². The molecule has 1 aliphatic heterocycles. The largest absolute Gasteiger partial charge is 0.481 e. The molecule has 0 aromatic heterocycles. The normalized spacial score (nSPS) is 23.9. The van der Waals surface area contributed by atoms with Gasteiger partial charge in [0.1, 0.15) is 0 Å². The molecule has 1 fully saturated rings. The quantitative estimate of drug-likeness (QED) is 0.862. The Kier molecular flexibility index (Phi) is 4.02. The van der Waals surface area contributed by atoms with Crippen molar-refractivity contribution in [1.82, 2.24) is 5.32 Å². The lowest BCUT2D eigenvalue weighted by atomic mass is 9.83. The first-order chi connectivity index (χ1) is 8.54. The minimum Gasteiger partial charge on any atom is -0.481 e. The van der Waals surface area contributed by atoms with Crippen molar-refractivity contribution in [3.63, 3.8) is 0 Å². The summed E-state index contributed by atoms with van der Waals surface area (Å²) in [5.74, 6) is 0.00615. The fraction of sp³-hybridized carbons (Fsp3) is 0.533. The van der Waals surface area contributed by atoms with Gasteiger partial charge < -0.3 is 10.4 Å². The van der Waals surface area contributed by atoms with E-state index in [-0.39, 0.29) is 12.3 Å². The van der Waals surface area contributed by atoms with Gasteiger partial charge in [0, 0.05) is 13.0 Å². The molecule has 2 N–H and O–H groups in total. The topological polar surface area (TPSA) is 49.3 Å². The zero-order valence-corrected chi connectivity index (χ0v) is 11.1. The average molecular weight is 247 g/mol. The van der Waals surface area contributed by atoms with Gasteiger partial charge in [-0.3, -0.25) is 4.79 Å². The highest BCUT2D eigenvalue weighted by atomic mass is 16.4. The van der Waals surface area contributed by atoms with Crippen molar-refractivity contribution < 1.29 is 9.90 Å². The first-order valence-corrected chi connectivity index (χ1v) is 6.55. The van der Waals surface area contributed by atoms with Crippen molar-refractivity contribution in [2.45, 2.75) is 32.6 Å². The Morgan fingerprint density at radius 2 is 1.94 bits per heavy atom. The molecule has 1 aromatic carbocycles. The summed E-state index contributed by atoms with van der Waals surface area (Å²) in [6.45, 7) is 6.01. The van der Waals surface area contributed by atoms with Gasteiger partial charge in [0.05, 0.1) is 0 Å². The number of hydrogen-bond acceptors (Lipinski definition) is 2. The molecule has 1 heterocycles. The van der Waals surface area contributed by atoms with Crippen molar-refractivity contribution in [2.75, 3.05) is 13.1 Å². The second-order valence-corrected chi connectivity index (χ2v) is 5.48. The van der Waals surface area contributed by atoms with Crippen molar-refractivity contribution in [3.8, 4) is 0 Å². The first kappa shape index (κ1) is 13.1. The SMILES string of the molecule is Cc1cc(C)cc(C2CNCC(CC(=O)O)C2)c1. The second-order valence-electron chi connectivity index (χ2n) is 5.48. The zero-order valence-electron chi connectivity index (χ0n) is 11.1. The molecule has 2 rings (SSSR count). The molecule has 3 heteroatoms. The third kappa shape index (κ3) is 3.33. The van der Waals surface area contributed by atoms with Crippen LogP contribution in [0.5, 0.6) is 0 Å². The van der Waals surface area contributed by atoms with Gasteiger partial charge in [0.15, 0.2) is 0 Å². The molecule has 0 spiro atoms. The van der Waals surface area contributed by atoms with Crippen molar-refractivity contribution in [2.24, 2.45) is 5.92 Å². The van der Waals surface area contributed by atoms with Crippen LogP contribution in [0.1, 0.15) is 35.4 Å². The van der Waals surface area contributed by atoms with E-state index < -0.39 is 5.97 Å². The Morgan fingerprint density at radius 3 is 2.56 bits per heavy atom. The number of piperidine rings is 1. The molecule has 18 heavy (non-hydrogen) atoms. The standard InChI is InChI=1S/C15H21NO2/c1-10-3-11(2)5-13(4-10)14-6-12(7-15(17)18)8-16-9-14/h3-5,12,14,16H,6-9H2,1-2H3,(H,17,18). The Morgan fingerprint density at radius 1 is 1.28 bits per heavy atom. The second kappa shape index (κ2) is 5.53. The smallest absolute Gasteiger partial charge is 0.303 e. The maximum atomic E-state index is 10.8. The number of benzene rings is 1. The highest BCUT2D eigenvalue weighted by Crippen LogP contribution is 2.29. The monoisotopic (exact) mass is 247 g/mol. The van der Waals surface area contributed by atoms with E-state index in [1.807, 2.05) is 0 Å². The molecule has 3 nitrogen and oxygen atoms in total. The van der Waals surface area contributed by atoms with Gasteiger partial charge in [-0.25, -0.2) is 0 Å².